The smallest absolute Gasteiger partial charge is 0.356 e. The van der Waals surface area contributed by atoms with Gasteiger partial charge in [-0.1, -0.05) is 78.9 Å². The van der Waals surface area contributed by atoms with Crippen molar-refractivity contribution in [3.63, 3.8) is 0 Å². The largest absolute Gasteiger partial charge is 0.484 e. The van der Waals surface area contributed by atoms with Crippen LogP contribution in [0.5, 0.6) is 5.75 Å². The molecule has 1 N–H and O–H groups in total. The molecule has 9 nitrogen and oxygen atoms in total. The number of carbonyl (C=O) groups is 4. The minimum atomic E-state index is -0.853. The Balaban J connectivity index is 1.38. The molecule has 0 bridgehead atoms. The van der Waals surface area contributed by atoms with E-state index in [1.54, 1.807) is 31.2 Å². The van der Waals surface area contributed by atoms with Gasteiger partial charge in [-0.15, -0.1) is 11.8 Å². The highest BCUT2D eigenvalue weighted by Crippen LogP contribution is 2.42. The maximum absolute atomic E-state index is 13.9. The fourth-order valence-corrected chi connectivity index (χ4v) is 6.35. The summed E-state index contributed by atoms with van der Waals surface area (Å²) in [6, 6.07) is 26.6. The van der Waals surface area contributed by atoms with Crippen LogP contribution in [0.2, 0.25) is 0 Å². The number of amides is 2. The highest BCUT2D eigenvalue weighted by molar-refractivity contribution is 8.00. The molecule has 0 radical (unpaired) electrons. The summed E-state index contributed by atoms with van der Waals surface area (Å²) in [6.45, 7) is 2.67. The molecule has 216 valence electrons. The van der Waals surface area contributed by atoms with Gasteiger partial charge in [0.2, 0.25) is 0 Å². The third kappa shape index (κ3) is 6.33. The highest BCUT2D eigenvalue weighted by Gasteiger charge is 2.55. The lowest BCUT2D eigenvalue weighted by Gasteiger charge is -2.50. The van der Waals surface area contributed by atoms with Crippen molar-refractivity contribution in [3.05, 3.63) is 113 Å². The minimum Gasteiger partial charge on any atom is -0.484 e. The van der Waals surface area contributed by atoms with E-state index in [9.17, 15) is 19.2 Å². The Morgan fingerprint density at radius 2 is 1.48 bits per heavy atom. The van der Waals surface area contributed by atoms with Crippen molar-refractivity contribution >= 4 is 35.5 Å². The van der Waals surface area contributed by atoms with Gasteiger partial charge in [-0.25, -0.2) is 4.79 Å². The first-order chi connectivity index (χ1) is 20.3. The molecule has 2 aliphatic heterocycles. The Labute approximate surface area is 247 Å². The van der Waals surface area contributed by atoms with Gasteiger partial charge in [0.1, 0.15) is 29.0 Å². The summed E-state index contributed by atoms with van der Waals surface area (Å²) in [5.41, 5.74) is 2.00. The molecule has 2 amide bonds. The summed E-state index contributed by atoms with van der Waals surface area (Å²) in [5, 5.41) is 2.19. The van der Waals surface area contributed by atoms with Crippen LogP contribution in [0.1, 0.15) is 31.1 Å². The number of nitrogens with one attached hydrogen (secondary N) is 1. The second-order valence-corrected chi connectivity index (χ2v) is 10.9. The van der Waals surface area contributed by atoms with E-state index < -0.39 is 47.4 Å². The van der Waals surface area contributed by atoms with Crippen LogP contribution in [-0.2, 0) is 28.7 Å². The maximum atomic E-state index is 13.9. The lowest BCUT2D eigenvalue weighted by Crippen LogP contribution is -2.71. The van der Waals surface area contributed by atoms with Gasteiger partial charge in [-0.05, 0) is 30.2 Å². The van der Waals surface area contributed by atoms with Crippen molar-refractivity contribution in [1.29, 1.82) is 0 Å². The summed E-state index contributed by atoms with van der Waals surface area (Å²) in [4.78, 5) is 53.1. The average Bonchev–Trinajstić information content (AvgIpc) is 3.01. The van der Waals surface area contributed by atoms with E-state index in [2.05, 4.69) is 5.32 Å². The van der Waals surface area contributed by atoms with Gasteiger partial charge in [-0.2, -0.15) is 0 Å². The first-order valence-electron chi connectivity index (χ1n) is 13.5. The number of nitrogens with zero attached hydrogens (tertiary/aromatic N) is 1. The molecule has 0 aliphatic carbocycles. The van der Waals surface area contributed by atoms with Gasteiger partial charge in [-0.3, -0.25) is 19.3 Å². The number of esters is 2. The minimum absolute atomic E-state index is 0.0281. The zero-order chi connectivity index (χ0) is 29.6. The van der Waals surface area contributed by atoms with Crippen LogP contribution in [0.4, 0.5) is 0 Å². The molecule has 0 saturated carbocycles. The number of rotatable bonds is 10. The number of ether oxygens (including phenoxy) is 3. The topological polar surface area (TPSA) is 111 Å². The molecule has 3 aromatic carbocycles. The highest BCUT2D eigenvalue weighted by atomic mass is 32.2. The van der Waals surface area contributed by atoms with Crippen LogP contribution in [0, 0.1) is 0 Å². The predicted octanol–water partition coefficient (Wildman–Crippen LogP) is 4.00. The van der Waals surface area contributed by atoms with E-state index in [1.807, 2.05) is 66.7 Å². The molecule has 10 heteroatoms. The summed E-state index contributed by atoms with van der Waals surface area (Å²) in [6.07, 6.45) is -1.51. The molecule has 3 aromatic rings. The molecule has 1 unspecified atom stereocenters. The fraction of sp³-hybridized carbons (Fsp3) is 0.250. The first-order valence-corrected chi connectivity index (χ1v) is 14.5. The van der Waals surface area contributed by atoms with Crippen molar-refractivity contribution in [2.24, 2.45) is 0 Å². The van der Waals surface area contributed by atoms with E-state index in [1.165, 1.54) is 23.6 Å². The van der Waals surface area contributed by atoms with Crippen LogP contribution in [0.25, 0.3) is 0 Å². The number of hydrogen-bond donors (Lipinski definition) is 1. The standard InChI is InChI=1S/C32H30N2O7S/c1-20(40-21(2)35)25-19-42-31-27(33-26(36)18-39-24-16-10-5-11-17-24)30(37)34(31)28(25)32(38)41-29(22-12-6-3-7-13-22)23-14-8-4-9-15-23/h3-17,20,27,29,31H,18-19H2,1-2H3,(H,33,36)/t20?,27-,31-/m1/s1. The van der Waals surface area contributed by atoms with Crippen molar-refractivity contribution < 1.29 is 33.4 Å². The zero-order valence-corrected chi connectivity index (χ0v) is 23.9. The third-order valence-corrected chi connectivity index (χ3v) is 8.19. The molecule has 3 atom stereocenters. The molecule has 42 heavy (non-hydrogen) atoms. The van der Waals surface area contributed by atoms with Crippen LogP contribution in [0.3, 0.4) is 0 Å². The average molecular weight is 587 g/mol. The lowest BCUT2D eigenvalue weighted by molar-refractivity contribution is -0.155. The number of benzene rings is 3. The molecule has 1 fully saturated rings. The second kappa shape index (κ2) is 12.9. The van der Waals surface area contributed by atoms with Crippen molar-refractivity contribution in [3.8, 4) is 5.75 Å². The van der Waals surface area contributed by atoms with Gasteiger partial charge >= 0.3 is 11.9 Å². The second-order valence-electron chi connectivity index (χ2n) is 9.79. The van der Waals surface area contributed by atoms with E-state index >= 15 is 0 Å². The Bertz CT molecular complexity index is 1440. The Hall–Kier alpha value is -4.57. The fourth-order valence-electron chi connectivity index (χ4n) is 4.89. The lowest BCUT2D eigenvalue weighted by atomic mass is 9.99. The summed E-state index contributed by atoms with van der Waals surface area (Å²) in [7, 11) is 0. The van der Waals surface area contributed by atoms with Gasteiger partial charge in [0.05, 0.1) is 0 Å². The van der Waals surface area contributed by atoms with E-state index in [0.29, 0.717) is 17.1 Å². The van der Waals surface area contributed by atoms with E-state index in [0.717, 1.165) is 11.1 Å². The number of β-lactam (4-membered cyclic amide) rings is 1. The van der Waals surface area contributed by atoms with Gasteiger partial charge in [0.25, 0.3) is 11.8 Å². The molecule has 1 saturated heterocycles. The third-order valence-electron chi connectivity index (χ3n) is 6.88. The number of thioether (sulfide) groups is 1. The van der Waals surface area contributed by atoms with Gasteiger partial charge in [0.15, 0.2) is 12.7 Å². The SMILES string of the molecule is CC(=O)OC(C)C1=C(C(=O)OC(c2ccccc2)c2ccccc2)N2C(=O)[C@@H](NC(=O)COc3ccccc3)[C@H]2SC1. The predicted molar refractivity (Wildman–Crippen MR) is 156 cm³/mol. The van der Waals surface area contributed by atoms with Crippen LogP contribution >= 0.6 is 11.8 Å². The van der Waals surface area contributed by atoms with Crippen molar-refractivity contribution in [2.45, 2.75) is 37.5 Å². The first kappa shape index (κ1) is 28.9. The molecule has 5 rings (SSSR count). The summed E-state index contributed by atoms with van der Waals surface area (Å²) in [5.74, 6) is -1.34. The number of fused-ring (bicyclic) bond motifs is 1. The monoisotopic (exact) mass is 586 g/mol. The molecule has 0 spiro atoms. The number of para-hydroxylation sites is 1. The molecular weight excluding hydrogens is 556 g/mol. The van der Waals surface area contributed by atoms with Crippen LogP contribution in [-0.4, -0.2) is 58.5 Å². The quantitative estimate of drug-likeness (QED) is 0.280. The van der Waals surface area contributed by atoms with Crippen molar-refractivity contribution in [2.75, 3.05) is 12.4 Å². The van der Waals surface area contributed by atoms with E-state index in [4.69, 9.17) is 14.2 Å². The van der Waals surface area contributed by atoms with Crippen LogP contribution in [0.15, 0.2) is 102 Å². The Kier molecular flexibility index (Phi) is 8.92. The van der Waals surface area contributed by atoms with Crippen LogP contribution < -0.4 is 10.1 Å². The summed E-state index contributed by atoms with van der Waals surface area (Å²) >= 11 is 1.37. The molecular formula is C32H30N2O7S. The van der Waals surface area contributed by atoms with Gasteiger partial charge < -0.3 is 19.5 Å². The molecule has 0 aromatic heterocycles. The summed E-state index contributed by atoms with van der Waals surface area (Å²) < 4.78 is 17.0. The normalized spacial score (nSPS) is 18.5. The Morgan fingerprint density at radius 1 is 0.905 bits per heavy atom. The van der Waals surface area contributed by atoms with Crippen molar-refractivity contribution in [1.82, 2.24) is 10.2 Å². The Morgan fingerprint density at radius 3 is 2.05 bits per heavy atom. The number of carbonyl (C=O) groups excluding carboxylic acids is 4. The zero-order valence-electron chi connectivity index (χ0n) is 23.1. The maximum Gasteiger partial charge on any atom is 0.356 e. The molecule has 2 heterocycles. The number of hydrogen-bond acceptors (Lipinski definition) is 8. The molecule has 2 aliphatic rings. The van der Waals surface area contributed by atoms with E-state index in [-0.39, 0.29) is 12.3 Å². The van der Waals surface area contributed by atoms with Gasteiger partial charge in [0, 0.05) is 18.2 Å².